The Hall–Kier alpha value is -4.42. The van der Waals surface area contributed by atoms with Crippen LogP contribution < -0.4 is 0 Å². The van der Waals surface area contributed by atoms with Gasteiger partial charge in [-0.05, 0) is 79.1 Å². The molecule has 0 aliphatic heterocycles. The van der Waals surface area contributed by atoms with Crippen LogP contribution in [0.2, 0.25) is 0 Å². The molecule has 0 nitrogen and oxygen atoms in total. The first-order valence-corrected chi connectivity index (χ1v) is 11.9. The Kier molecular flexibility index (Phi) is 6.04. The molecule has 0 saturated heterocycles. The topological polar surface area (TPSA) is 0 Å². The lowest BCUT2D eigenvalue weighted by atomic mass is 9.83. The predicted molar refractivity (Wildman–Crippen MR) is 156 cm³/mol. The van der Waals surface area contributed by atoms with Gasteiger partial charge in [0.2, 0.25) is 0 Å². The van der Waals surface area contributed by atoms with E-state index in [0.29, 0.717) is 0 Å². The summed E-state index contributed by atoms with van der Waals surface area (Å²) in [6, 6.07) is 32.6. The Morgan fingerprint density at radius 2 is 1.14 bits per heavy atom. The minimum Gasteiger partial charge on any atom is -0.0985 e. The van der Waals surface area contributed by atoms with Gasteiger partial charge in [0.15, 0.2) is 0 Å². The first-order chi connectivity index (χ1) is 17.2. The van der Waals surface area contributed by atoms with E-state index in [4.69, 9.17) is 0 Å². The summed E-state index contributed by atoms with van der Waals surface area (Å²) >= 11 is 0. The van der Waals surface area contributed by atoms with E-state index in [1.165, 1.54) is 38.2 Å². The van der Waals surface area contributed by atoms with E-state index >= 15 is 0 Å². The molecule has 0 heteroatoms. The van der Waals surface area contributed by atoms with Crippen LogP contribution in [0, 0.1) is 0 Å². The van der Waals surface area contributed by atoms with E-state index < -0.39 is 0 Å². The lowest BCUT2D eigenvalue weighted by Gasteiger charge is -2.20. The summed E-state index contributed by atoms with van der Waals surface area (Å²) in [5.41, 5.74) is 9.21. The van der Waals surface area contributed by atoms with Gasteiger partial charge < -0.3 is 0 Å². The van der Waals surface area contributed by atoms with E-state index in [1.54, 1.807) is 0 Å². The lowest BCUT2D eigenvalue weighted by Crippen LogP contribution is -1.96. The van der Waals surface area contributed by atoms with E-state index in [0.717, 1.165) is 27.8 Å². The first-order valence-electron chi connectivity index (χ1n) is 11.9. The third-order valence-corrected chi connectivity index (χ3v) is 6.78. The maximum absolute atomic E-state index is 4.22. The number of allylic oxidation sites excluding steroid dienone is 3. The zero-order valence-corrected chi connectivity index (χ0v) is 20.1. The highest BCUT2D eigenvalue weighted by atomic mass is 14.2. The van der Waals surface area contributed by atoms with Gasteiger partial charge in [0, 0.05) is 0 Å². The van der Waals surface area contributed by atoms with Gasteiger partial charge in [-0.1, -0.05) is 129 Å². The molecule has 0 aromatic heterocycles. The monoisotopic (exact) mass is 448 g/mol. The van der Waals surface area contributed by atoms with Crippen molar-refractivity contribution in [3.05, 3.63) is 140 Å². The minimum absolute atomic E-state index is 1.10. The zero-order valence-electron chi connectivity index (χ0n) is 20.1. The maximum atomic E-state index is 4.22. The molecule has 0 aliphatic rings. The Bertz CT molecular complexity index is 1630. The van der Waals surface area contributed by atoms with Gasteiger partial charge in [-0.15, -0.1) is 0 Å². The molecule has 5 aromatic carbocycles. The second-order valence-corrected chi connectivity index (χ2v) is 8.62. The summed E-state index contributed by atoms with van der Waals surface area (Å²) < 4.78 is 0. The summed E-state index contributed by atoms with van der Waals surface area (Å²) in [6.07, 6.45) is 7.92. The largest absolute Gasteiger partial charge is 0.0985 e. The van der Waals surface area contributed by atoms with Crippen molar-refractivity contribution in [2.75, 3.05) is 0 Å². The molecule has 35 heavy (non-hydrogen) atoms. The molecule has 0 saturated carbocycles. The normalized spacial score (nSPS) is 11.5. The molecule has 0 unspecified atom stereocenters. The standard InChI is InChI=1S/C35H28/c1-5-24(6-2)26-17-20-27(21-18-26)34-30(7-3)31(8-4)35(33-16-12-11-15-32(33)34)29-22-19-25-13-9-10-14-28(25)23-29/h5-23H,1,3-4H2,2H3/b24-6+. The second-order valence-electron chi connectivity index (χ2n) is 8.62. The van der Waals surface area contributed by atoms with Crippen molar-refractivity contribution in [3.8, 4) is 22.3 Å². The average Bonchev–Trinajstić information content (AvgIpc) is 2.92. The molecule has 0 N–H and O–H groups in total. The molecule has 0 spiro atoms. The van der Waals surface area contributed by atoms with Crippen LogP contribution >= 0.6 is 0 Å². The van der Waals surface area contributed by atoms with Gasteiger partial charge in [0.1, 0.15) is 0 Å². The first kappa shape index (κ1) is 22.4. The van der Waals surface area contributed by atoms with E-state index in [9.17, 15) is 0 Å². The highest BCUT2D eigenvalue weighted by Gasteiger charge is 2.18. The van der Waals surface area contributed by atoms with E-state index in [2.05, 4.69) is 117 Å². The molecule has 0 bridgehead atoms. The lowest BCUT2D eigenvalue weighted by molar-refractivity contribution is 1.56. The highest BCUT2D eigenvalue weighted by Crippen LogP contribution is 2.43. The SMILES string of the molecule is C=C/C(=C\C)c1ccc(-c2c(C=C)c(C=C)c(-c3ccc4ccccc4c3)c3ccccc23)cc1. The second kappa shape index (κ2) is 9.44. The summed E-state index contributed by atoms with van der Waals surface area (Å²) in [7, 11) is 0. The van der Waals surface area contributed by atoms with Crippen LogP contribution in [0.1, 0.15) is 23.6 Å². The Labute approximate surface area is 207 Å². The third kappa shape index (κ3) is 3.84. The van der Waals surface area contributed by atoms with Crippen LogP contribution in [0.3, 0.4) is 0 Å². The minimum atomic E-state index is 1.10. The van der Waals surface area contributed by atoms with Crippen LogP contribution in [0.4, 0.5) is 0 Å². The van der Waals surface area contributed by atoms with Gasteiger partial charge in [0.05, 0.1) is 0 Å². The smallest absolute Gasteiger partial charge is 0.00264 e. The Morgan fingerprint density at radius 3 is 1.71 bits per heavy atom. The molecule has 0 heterocycles. The fourth-order valence-corrected chi connectivity index (χ4v) is 5.10. The van der Waals surface area contributed by atoms with Gasteiger partial charge in [-0.25, -0.2) is 0 Å². The number of rotatable bonds is 6. The molecule has 0 fully saturated rings. The number of fused-ring (bicyclic) bond motifs is 2. The van der Waals surface area contributed by atoms with E-state index in [-0.39, 0.29) is 0 Å². The molecule has 0 atom stereocenters. The third-order valence-electron chi connectivity index (χ3n) is 6.78. The molecule has 5 aromatic rings. The van der Waals surface area contributed by atoms with Gasteiger partial charge in [0.25, 0.3) is 0 Å². The molecule has 5 rings (SSSR count). The van der Waals surface area contributed by atoms with Crippen molar-refractivity contribution >= 4 is 39.3 Å². The van der Waals surface area contributed by atoms with Gasteiger partial charge >= 0.3 is 0 Å². The number of benzene rings is 5. The van der Waals surface area contributed by atoms with Crippen molar-refractivity contribution < 1.29 is 0 Å². The average molecular weight is 449 g/mol. The molecular formula is C35H28. The summed E-state index contributed by atoms with van der Waals surface area (Å²) in [5.74, 6) is 0. The summed E-state index contributed by atoms with van der Waals surface area (Å²) in [6.45, 7) is 14.4. The molecule has 0 aliphatic carbocycles. The number of hydrogen-bond acceptors (Lipinski definition) is 0. The van der Waals surface area contributed by atoms with E-state index in [1.807, 2.05) is 25.2 Å². The number of hydrogen-bond donors (Lipinski definition) is 0. The van der Waals surface area contributed by atoms with Gasteiger partial charge in [-0.2, -0.15) is 0 Å². The summed E-state index contributed by atoms with van der Waals surface area (Å²) in [5, 5.41) is 4.88. The van der Waals surface area contributed by atoms with Crippen LogP contribution in [0.25, 0.3) is 61.5 Å². The van der Waals surface area contributed by atoms with Crippen LogP contribution in [0.5, 0.6) is 0 Å². The van der Waals surface area contributed by atoms with Crippen LogP contribution in [0.15, 0.2) is 123 Å². The predicted octanol–water partition coefficient (Wildman–Crippen LogP) is 10.2. The molecule has 0 amide bonds. The van der Waals surface area contributed by atoms with Crippen molar-refractivity contribution in [1.82, 2.24) is 0 Å². The molecule has 168 valence electrons. The quantitative estimate of drug-likeness (QED) is 0.227. The Balaban J connectivity index is 1.82. The molecular weight excluding hydrogens is 420 g/mol. The van der Waals surface area contributed by atoms with Crippen LogP contribution in [-0.2, 0) is 0 Å². The van der Waals surface area contributed by atoms with Crippen molar-refractivity contribution in [2.24, 2.45) is 0 Å². The molecule has 0 radical (unpaired) electrons. The van der Waals surface area contributed by atoms with Crippen LogP contribution in [-0.4, -0.2) is 0 Å². The summed E-state index contributed by atoms with van der Waals surface area (Å²) in [4.78, 5) is 0. The van der Waals surface area contributed by atoms with Crippen molar-refractivity contribution in [2.45, 2.75) is 6.92 Å². The fourth-order valence-electron chi connectivity index (χ4n) is 5.10. The van der Waals surface area contributed by atoms with Crippen molar-refractivity contribution in [3.63, 3.8) is 0 Å². The highest BCUT2D eigenvalue weighted by molar-refractivity contribution is 6.12. The maximum Gasteiger partial charge on any atom is -0.00264 e. The zero-order chi connectivity index (χ0) is 24.4. The fraction of sp³-hybridized carbons (Fsp3) is 0.0286. The van der Waals surface area contributed by atoms with Crippen molar-refractivity contribution in [1.29, 1.82) is 0 Å². The Morgan fingerprint density at radius 1 is 0.600 bits per heavy atom. The van der Waals surface area contributed by atoms with Gasteiger partial charge in [-0.3, -0.25) is 0 Å².